The minimum atomic E-state index is 0.165. The second-order valence-corrected chi connectivity index (χ2v) is 4.42. The van der Waals surface area contributed by atoms with Gasteiger partial charge in [-0.1, -0.05) is 13.8 Å². The van der Waals surface area contributed by atoms with Crippen molar-refractivity contribution in [1.29, 1.82) is 0 Å². The summed E-state index contributed by atoms with van der Waals surface area (Å²) in [6.07, 6.45) is 6.92. The zero-order valence-electron chi connectivity index (χ0n) is 11.3. The van der Waals surface area contributed by atoms with Crippen LogP contribution in [-0.4, -0.2) is 26.1 Å². The molecule has 0 radical (unpaired) electrons. The topological polar surface area (TPSA) is 47.7 Å². The first-order chi connectivity index (χ1) is 8.76. The van der Waals surface area contributed by atoms with Gasteiger partial charge in [-0.3, -0.25) is 9.36 Å². The number of nitrogens with zero attached hydrogens (tertiary/aromatic N) is 4. The van der Waals surface area contributed by atoms with E-state index in [1.54, 1.807) is 0 Å². The molecule has 2 aromatic rings. The zero-order chi connectivity index (χ0) is 13.0. The molecule has 0 amide bonds. The van der Waals surface area contributed by atoms with Crippen molar-refractivity contribution in [1.82, 2.24) is 24.9 Å². The lowest BCUT2D eigenvalue weighted by atomic mass is 10.1. The lowest BCUT2D eigenvalue weighted by Crippen LogP contribution is -2.24. The van der Waals surface area contributed by atoms with Gasteiger partial charge in [0.05, 0.1) is 17.9 Å². The second-order valence-electron chi connectivity index (χ2n) is 4.42. The normalized spacial score (nSPS) is 12.8. The van der Waals surface area contributed by atoms with Gasteiger partial charge in [0.15, 0.2) is 0 Å². The molecule has 0 saturated carbocycles. The van der Waals surface area contributed by atoms with Crippen LogP contribution in [-0.2, 0) is 13.6 Å². The van der Waals surface area contributed by atoms with Gasteiger partial charge in [-0.15, -0.1) is 0 Å². The van der Waals surface area contributed by atoms with Crippen LogP contribution in [0.2, 0.25) is 0 Å². The first-order valence-electron chi connectivity index (χ1n) is 6.49. The molecule has 5 nitrogen and oxygen atoms in total. The van der Waals surface area contributed by atoms with Crippen molar-refractivity contribution in [3.63, 3.8) is 0 Å². The number of aromatic nitrogens is 4. The van der Waals surface area contributed by atoms with Crippen LogP contribution in [0.15, 0.2) is 24.7 Å². The Morgan fingerprint density at radius 2 is 2.17 bits per heavy atom. The van der Waals surface area contributed by atoms with Crippen LogP contribution >= 0.6 is 0 Å². The van der Waals surface area contributed by atoms with Crippen molar-refractivity contribution in [2.75, 3.05) is 6.54 Å². The number of rotatable bonds is 6. The van der Waals surface area contributed by atoms with Crippen molar-refractivity contribution in [2.24, 2.45) is 7.05 Å². The van der Waals surface area contributed by atoms with Crippen LogP contribution in [0.5, 0.6) is 0 Å². The number of hydrogen-bond acceptors (Lipinski definition) is 3. The van der Waals surface area contributed by atoms with E-state index in [1.807, 2.05) is 24.1 Å². The molecule has 2 rings (SSSR count). The largest absolute Gasteiger partial charge is 0.305 e. The molecule has 0 fully saturated rings. The van der Waals surface area contributed by atoms with E-state index in [-0.39, 0.29) is 6.04 Å². The van der Waals surface area contributed by atoms with E-state index >= 15 is 0 Å². The van der Waals surface area contributed by atoms with Crippen molar-refractivity contribution >= 4 is 0 Å². The Hall–Kier alpha value is -1.62. The summed E-state index contributed by atoms with van der Waals surface area (Å²) in [6, 6.07) is 2.24. The SMILES string of the molecule is CCCn1nccc1C(NCC)c1cnn(C)c1. The highest BCUT2D eigenvalue weighted by Gasteiger charge is 2.18. The molecule has 0 aliphatic carbocycles. The fraction of sp³-hybridized carbons (Fsp3) is 0.538. The molecule has 98 valence electrons. The lowest BCUT2D eigenvalue weighted by molar-refractivity contribution is 0.520. The third kappa shape index (κ3) is 2.61. The van der Waals surface area contributed by atoms with Gasteiger partial charge in [-0.2, -0.15) is 10.2 Å². The number of nitrogens with one attached hydrogen (secondary N) is 1. The summed E-state index contributed by atoms with van der Waals surface area (Å²) in [4.78, 5) is 0. The maximum Gasteiger partial charge on any atom is 0.0778 e. The van der Waals surface area contributed by atoms with Crippen LogP contribution in [0, 0.1) is 0 Å². The van der Waals surface area contributed by atoms with E-state index in [2.05, 4.69) is 46.3 Å². The van der Waals surface area contributed by atoms with Crippen LogP contribution < -0.4 is 5.32 Å². The molecule has 0 aliphatic heterocycles. The summed E-state index contributed by atoms with van der Waals surface area (Å²) < 4.78 is 3.90. The highest BCUT2D eigenvalue weighted by Crippen LogP contribution is 2.21. The van der Waals surface area contributed by atoms with Crippen LogP contribution in [0.1, 0.15) is 37.6 Å². The Labute approximate surface area is 108 Å². The molecule has 0 aliphatic rings. The number of aryl methyl sites for hydroxylation is 2. The predicted molar refractivity (Wildman–Crippen MR) is 71.2 cm³/mol. The minimum absolute atomic E-state index is 0.165. The van der Waals surface area contributed by atoms with E-state index in [1.165, 1.54) is 11.3 Å². The van der Waals surface area contributed by atoms with E-state index in [0.29, 0.717) is 0 Å². The van der Waals surface area contributed by atoms with E-state index in [4.69, 9.17) is 0 Å². The Bertz CT molecular complexity index is 485. The van der Waals surface area contributed by atoms with Crippen molar-refractivity contribution in [2.45, 2.75) is 32.9 Å². The zero-order valence-corrected chi connectivity index (χ0v) is 11.3. The fourth-order valence-electron chi connectivity index (χ4n) is 2.17. The molecule has 1 atom stereocenters. The quantitative estimate of drug-likeness (QED) is 0.845. The smallest absolute Gasteiger partial charge is 0.0778 e. The first-order valence-corrected chi connectivity index (χ1v) is 6.49. The van der Waals surface area contributed by atoms with Gasteiger partial charge in [0.1, 0.15) is 0 Å². The maximum atomic E-state index is 4.39. The minimum Gasteiger partial charge on any atom is -0.305 e. The molecular formula is C13H21N5. The molecule has 1 N–H and O–H groups in total. The van der Waals surface area contributed by atoms with Gasteiger partial charge < -0.3 is 5.32 Å². The van der Waals surface area contributed by atoms with Gasteiger partial charge in [0.2, 0.25) is 0 Å². The van der Waals surface area contributed by atoms with E-state index in [0.717, 1.165) is 19.5 Å². The van der Waals surface area contributed by atoms with Gasteiger partial charge in [-0.25, -0.2) is 0 Å². The monoisotopic (exact) mass is 247 g/mol. The summed E-state index contributed by atoms with van der Waals surface area (Å²) in [6.45, 7) is 6.14. The van der Waals surface area contributed by atoms with E-state index in [9.17, 15) is 0 Å². The van der Waals surface area contributed by atoms with Gasteiger partial charge in [0.25, 0.3) is 0 Å². The molecule has 2 heterocycles. The van der Waals surface area contributed by atoms with Gasteiger partial charge >= 0.3 is 0 Å². The first kappa shape index (κ1) is 12.8. The molecule has 5 heteroatoms. The van der Waals surface area contributed by atoms with Crippen molar-refractivity contribution < 1.29 is 0 Å². The van der Waals surface area contributed by atoms with Crippen LogP contribution in [0.25, 0.3) is 0 Å². The third-order valence-electron chi connectivity index (χ3n) is 2.95. The summed E-state index contributed by atoms with van der Waals surface area (Å²) in [7, 11) is 1.94. The van der Waals surface area contributed by atoms with Crippen molar-refractivity contribution in [3.8, 4) is 0 Å². The average Bonchev–Trinajstić information content (AvgIpc) is 2.96. The molecule has 18 heavy (non-hydrogen) atoms. The van der Waals surface area contributed by atoms with Crippen LogP contribution in [0.3, 0.4) is 0 Å². The second kappa shape index (κ2) is 5.82. The molecule has 0 saturated heterocycles. The van der Waals surface area contributed by atoms with E-state index < -0.39 is 0 Å². The van der Waals surface area contributed by atoms with Gasteiger partial charge in [0, 0.05) is 31.5 Å². The van der Waals surface area contributed by atoms with Crippen molar-refractivity contribution in [3.05, 3.63) is 35.9 Å². The summed E-state index contributed by atoms with van der Waals surface area (Å²) in [5, 5.41) is 12.1. The predicted octanol–water partition coefficient (Wildman–Crippen LogP) is 1.73. The molecular weight excluding hydrogens is 226 g/mol. The summed E-state index contributed by atoms with van der Waals surface area (Å²) >= 11 is 0. The van der Waals surface area contributed by atoms with Gasteiger partial charge in [-0.05, 0) is 19.0 Å². The third-order valence-corrected chi connectivity index (χ3v) is 2.95. The molecule has 0 spiro atoms. The molecule has 0 aromatic carbocycles. The summed E-state index contributed by atoms with van der Waals surface area (Å²) in [5.74, 6) is 0. The Kier molecular flexibility index (Phi) is 4.15. The van der Waals surface area contributed by atoms with Crippen LogP contribution in [0.4, 0.5) is 0 Å². The Balaban J connectivity index is 2.31. The highest BCUT2D eigenvalue weighted by atomic mass is 15.3. The fourth-order valence-corrected chi connectivity index (χ4v) is 2.17. The maximum absolute atomic E-state index is 4.39. The number of hydrogen-bond donors (Lipinski definition) is 1. The lowest BCUT2D eigenvalue weighted by Gasteiger charge is -2.18. The standard InChI is InChI=1S/C13H21N5/c1-4-8-18-12(6-7-15-18)13(14-5-2)11-9-16-17(3)10-11/h6-7,9-10,13-14H,4-5,8H2,1-3H3. The summed E-state index contributed by atoms with van der Waals surface area (Å²) in [5.41, 5.74) is 2.38. The molecule has 1 unspecified atom stereocenters. The Morgan fingerprint density at radius 3 is 2.78 bits per heavy atom. The highest BCUT2D eigenvalue weighted by molar-refractivity contribution is 5.23. The average molecular weight is 247 g/mol. The molecule has 0 bridgehead atoms. The molecule has 2 aromatic heterocycles. The Morgan fingerprint density at radius 1 is 1.33 bits per heavy atom.